The van der Waals surface area contributed by atoms with Gasteiger partial charge in [0.15, 0.2) is 5.82 Å². The number of ether oxygens (including phenoxy) is 1. The topological polar surface area (TPSA) is 91.9 Å². The Morgan fingerprint density at radius 3 is 2.71 bits per heavy atom. The number of aromatic amines is 1. The summed E-state index contributed by atoms with van der Waals surface area (Å²) in [7, 11) is 1.66. The van der Waals surface area contributed by atoms with Crippen LogP contribution in [-0.2, 0) is 4.74 Å². The zero-order valence-corrected chi connectivity index (χ0v) is 15.3. The number of carbonyl (C=O) groups excluding carboxylic acids is 1. The molecule has 3 N–H and O–H groups in total. The normalized spacial score (nSPS) is 9.75. The van der Waals surface area contributed by atoms with E-state index in [0.29, 0.717) is 31.1 Å². The van der Waals surface area contributed by atoms with Gasteiger partial charge in [-0.05, 0) is 19.1 Å². The Morgan fingerprint density at radius 2 is 2.04 bits per heavy atom. The molecule has 24 heavy (non-hydrogen) atoms. The van der Waals surface area contributed by atoms with Crippen LogP contribution in [0, 0.1) is 6.92 Å². The molecular weight excluding hydrogens is 353 g/mol. The summed E-state index contributed by atoms with van der Waals surface area (Å²) in [5.74, 6) is 1.23. The Kier molecular flexibility index (Phi) is 11.0. The third-order valence-corrected chi connectivity index (χ3v) is 3.05. The van der Waals surface area contributed by atoms with Crippen LogP contribution in [0.15, 0.2) is 24.3 Å². The van der Waals surface area contributed by atoms with Crippen LogP contribution in [-0.4, -0.2) is 54.4 Å². The molecule has 1 heterocycles. The quantitative estimate of drug-likeness (QED) is 0.609. The van der Waals surface area contributed by atoms with E-state index in [-0.39, 0.29) is 30.7 Å². The standard InChI is InChI=1S/C15H21N5O2.2ClH/c1-11-18-14(20-19-11)12-4-3-5-13(10-12)15(21)17-7-6-16-8-9-22-2;;/h3-5,10,16H,6-9H2,1-2H3,(H,17,21)(H,18,19,20);2*1H. The summed E-state index contributed by atoms with van der Waals surface area (Å²) in [6.45, 7) is 4.53. The zero-order valence-electron chi connectivity index (χ0n) is 13.7. The summed E-state index contributed by atoms with van der Waals surface area (Å²) < 4.78 is 4.93. The maximum absolute atomic E-state index is 12.1. The summed E-state index contributed by atoms with van der Waals surface area (Å²) in [5.41, 5.74) is 1.41. The average molecular weight is 376 g/mol. The highest BCUT2D eigenvalue weighted by molar-refractivity contribution is 5.95. The number of carbonyl (C=O) groups is 1. The van der Waals surface area contributed by atoms with Gasteiger partial charge < -0.3 is 15.4 Å². The lowest BCUT2D eigenvalue weighted by Crippen LogP contribution is -2.33. The van der Waals surface area contributed by atoms with Gasteiger partial charge in [-0.15, -0.1) is 24.8 Å². The molecule has 9 heteroatoms. The van der Waals surface area contributed by atoms with E-state index in [9.17, 15) is 4.79 Å². The summed E-state index contributed by atoms with van der Waals surface area (Å²) in [6, 6.07) is 7.27. The molecule has 1 aromatic carbocycles. The van der Waals surface area contributed by atoms with Crippen LogP contribution in [0.4, 0.5) is 0 Å². The Labute approximate surface area is 153 Å². The van der Waals surface area contributed by atoms with Crippen molar-refractivity contribution in [3.8, 4) is 11.4 Å². The van der Waals surface area contributed by atoms with Crippen molar-refractivity contribution in [2.45, 2.75) is 6.92 Å². The maximum atomic E-state index is 12.1. The van der Waals surface area contributed by atoms with Gasteiger partial charge in [-0.3, -0.25) is 9.89 Å². The molecule has 0 atom stereocenters. The molecule has 134 valence electrons. The Balaban J connectivity index is 0.00000264. The highest BCUT2D eigenvalue weighted by Crippen LogP contribution is 2.16. The lowest BCUT2D eigenvalue weighted by molar-refractivity contribution is 0.0953. The first-order chi connectivity index (χ1) is 10.7. The van der Waals surface area contributed by atoms with Gasteiger partial charge >= 0.3 is 0 Å². The average Bonchev–Trinajstić information content (AvgIpc) is 2.97. The van der Waals surface area contributed by atoms with Crippen molar-refractivity contribution in [3.63, 3.8) is 0 Å². The van der Waals surface area contributed by atoms with Gasteiger partial charge in [0.25, 0.3) is 5.91 Å². The fraction of sp³-hybridized carbons (Fsp3) is 0.400. The molecule has 0 fully saturated rings. The second-order valence-corrected chi connectivity index (χ2v) is 4.82. The van der Waals surface area contributed by atoms with Crippen LogP contribution in [0.25, 0.3) is 11.4 Å². The number of nitrogens with zero attached hydrogens (tertiary/aromatic N) is 2. The van der Waals surface area contributed by atoms with Gasteiger partial charge in [0.1, 0.15) is 5.82 Å². The van der Waals surface area contributed by atoms with E-state index in [0.717, 1.165) is 17.9 Å². The number of methoxy groups -OCH3 is 1. The molecule has 2 aromatic rings. The first-order valence-corrected chi connectivity index (χ1v) is 7.18. The van der Waals surface area contributed by atoms with Gasteiger partial charge in [-0.1, -0.05) is 12.1 Å². The number of benzene rings is 1. The minimum atomic E-state index is -0.109. The molecule has 7 nitrogen and oxygen atoms in total. The van der Waals surface area contributed by atoms with Crippen molar-refractivity contribution >= 4 is 30.7 Å². The third-order valence-electron chi connectivity index (χ3n) is 3.05. The second-order valence-electron chi connectivity index (χ2n) is 4.82. The molecule has 1 aromatic heterocycles. The van der Waals surface area contributed by atoms with Crippen LogP contribution in [0.2, 0.25) is 0 Å². The van der Waals surface area contributed by atoms with Crippen LogP contribution in [0.5, 0.6) is 0 Å². The van der Waals surface area contributed by atoms with Gasteiger partial charge in [0, 0.05) is 37.9 Å². The fourth-order valence-corrected chi connectivity index (χ4v) is 1.94. The maximum Gasteiger partial charge on any atom is 0.251 e. The van der Waals surface area contributed by atoms with Gasteiger partial charge in [-0.25, -0.2) is 4.98 Å². The minimum absolute atomic E-state index is 0. The van der Waals surface area contributed by atoms with Gasteiger partial charge in [0.2, 0.25) is 0 Å². The lowest BCUT2D eigenvalue weighted by atomic mass is 10.1. The molecule has 0 unspecified atom stereocenters. The van der Waals surface area contributed by atoms with E-state index >= 15 is 0 Å². The molecule has 0 aliphatic rings. The monoisotopic (exact) mass is 375 g/mol. The summed E-state index contributed by atoms with van der Waals surface area (Å²) in [6.07, 6.45) is 0. The number of rotatable bonds is 8. The number of hydrogen-bond donors (Lipinski definition) is 3. The van der Waals surface area contributed by atoms with Crippen molar-refractivity contribution in [2.75, 3.05) is 33.4 Å². The first kappa shape index (κ1) is 22.3. The number of halogens is 2. The number of nitrogens with one attached hydrogen (secondary N) is 3. The van der Waals surface area contributed by atoms with Crippen molar-refractivity contribution < 1.29 is 9.53 Å². The molecule has 0 aliphatic carbocycles. The smallest absolute Gasteiger partial charge is 0.251 e. The fourth-order valence-electron chi connectivity index (χ4n) is 1.94. The highest BCUT2D eigenvalue weighted by Gasteiger charge is 2.09. The third kappa shape index (κ3) is 6.84. The minimum Gasteiger partial charge on any atom is -0.383 e. The Bertz CT molecular complexity index is 621. The summed E-state index contributed by atoms with van der Waals surface area (Å²) in [4.78, 5) is 16.4. The van der Waals surface area contributed by atoms with Crippen molar-refractivity contribution in [1.82, 2.24) is 25.8 Å². The number of aryl methyl sites for hydroxylation is 1. The molecular formula is C15H23Cl2N5O2. The van der Waals surface area contributed by atoms with Crippen LogP contribution < -0.4 is 10.6 Å². The molecule has 0 aliphatic heterocycles. The van der Waals surface area contributed by atoms with Crippen molar-refractivity contribution in [2.24, 2.45) is 0 Å². The Morgan fingerprint density at radius 1 is 1.25 bits per heavy atom. The second kappa shape index (κ2) is 11.8. The van der Waals surface area contributed by atoms with Gasteiger partial charge in [0.05, 0.1) is 6.61 Å². The number of aromatic nitrogens is 3. The lowest BCUT2D eigenvalue weighted by Gasteiger charge is -2.07. The molecule has 0 radical (unpaired) electrons. The van der Waals surface area contributed by atoms with E-state index in [1.54, 1.807) is 19.2 Å². The molecule has 1 amide bonds. The number of H-pyrrole nitrogens is 1. The summed E-state index contributed by atoms with van der Waals surface area (Å²) >= 11 is 0. The largest absolute Gasteiger partial charge is 0.383 e. The van der Waals surface area contributed by atoms with E-state index in [4.69, 9.17) is 4.74 Å². The van der Waals surface area contributed by atoms with Crippen LogP contribution in [0.1, 0.15) is 16.2 Å². The SMILES string of the molecule is COCCNCCNC(=O)c1cccc(-c2n[nH]c(C)n2)c1.Cl.Cl. The molecule has 0 saturated carbocycles. The van der Waals surface area contributed by atoms with Crippen molar-refractivity contribution in [1.29, 1.82) is 0 Å². The van der Waals surface area contributed by atoms with Crippen molar-refractivity contribution in [3.05, 3.63) is 35.7 Å². The van der Waals surface area contributed by atoms with E-state index in [1.807, 2.05) is 19.1 Å². The van der Waals surface area contributed by atoms with E-state index < -0.39 is 0 Å². The molecule has 0 saturated heterocycles. The van der Waals surface area contributed by atoms with Gasteiger partial charge in [-0.2, -0.15) is 5.10 Å². The van der Waals surface area contributed by atoms with E-state index in [1.165, 1.54) is 0 Å². The van der Waals surface area contributed by atoms with E-state index in [2.05, 4.69) is 25.8 Å². The number of amides is 1. The Hall–Kier alpha value is -1.67. The molecule has 0 bridgehead atoms. The zero-order chi connectivity index (χ0) is 15.8. The molecule has 0 spiro atoms. The predicted molar refractivity (Wildman–Crippen MR) is 98.1 cm³/mol. The highest BCUT2D eigenvalue weighted by atomic mass is 35.5. The van der Waals surface area contributed by atoms with Crippen LogP contribution in [0.3, 0.4) is 0 Å². The first-order valence-electron chi connectivity index (χ1n) is 7.18. The number of hydrogen-bond acceptors (Lipinski definition) is 5. The summed E-state index contributed by atoms with van der Waals surface area (Å²) in [5, 5.41) is 12.9. The molecule has 2 rings (SSSR count). The predicted octanol–water partition coefficient (Wildman–Crippen LogP) is 1.59. The van der Waals surface area contributed by atoms with Crippen LogP contribution >= 0.6 is 24.8 Å².